The van der Waals surface area contributed by atoms with E-state index in [1.165, 1.54) is 18.5 Å². The molecule has 18 heavy (non-hydrogen) atoms. The van der Waals surface area contributed by atoms with Gasteiger partial charge in [0.05, 0.1) is 5.02 Å². The SMILES string of the molecule is CC1CCC(C)N(c2ccc(C(N)=S)c(Cl)c2)C1. The van der Waals surface area contributed by atoms with Gasteiger partial charge in [-0.25, -0.2) is 0 Å². The highest BCUT2D eigenvalue weighted by Gasteiger charge is 2.23. The van der Waals surface area contributed by atoms with E-state index < -0.39 is 0 Å². The van der Waals surface area contributed by atoms with Crippen LogP contribution in [0, 0.1) is 5.92 Å². The molecule has 4 heteroatoms. The summed E-state index contributed by atoms with van der Waals surface area (Å²) in [4.78, 5) is 2.77. The maximum absolute atomic E-state index is 6.23. The van der Waals surface area contributed by atoms with Crippen molar-refractivity contribution in [3.8, 4) is 0 Å². The van der Waals surface area contributed by atoms with Gasteiger partial charge in [0.1, 0.15) is 4.99 Å². The third-order valence-electron chi connectivity index (χ3n) is 3.67. The molecule has 1 aromatic rings. The molecule has 0 saturated carbocycles. The fraction of sp³-hybridized carbons (Fsp3) is 0.500. The molecule has 0 bridgehead atoms. The summed E-state index contributed by atoms with van der Waals surface area (Å²) >= 11 is 11.2. The quantitative estimate of drug-likeness (QED) is 0.841. The number of thiocarbonyl (C=S) groups is 1. The van der Waals surface area contributed by atoms with Gasteiger partial charge in [-0.15, -0.1) is 0 Å². The number of nitrogens with zero attached hydrogens (tertiary/aromatic N) is 1. The summed E-state index contributed by atoms with van der Waals surface area (Å²) in [6.45, 7) is 5.65. The molecule has 2 unspecified atom stereocenters. The van der Waals surface area contributed by atoms with E-state index in [4.69, 9.17) is 29.6 Å². The highest BCUT2D eigenvalue weighted by molar-refractivity contribution is 7.80. The van der Waals surface area contributed by atoms with Crippen molar-refractivity contribution in [2.45, 2.75) is 32.7 Å². The van der Waals surface area contributed by atoms with Crippen LogP contribution in [0.2, 0.25) is 5.02 Å². The zero-order chi connectivity index (χ0) is 13.3. The summed E-state index contributed by atoms with van der Waals surface area (Å²) in [5, 5.41) is 0.644. The Kier molecular flexibility index (Phi) is 4.13. The summed E-state index contributed by atoms with van der Waals surface area (Å²) in [6, 6.07) is 6.53. The molecule has 0 spiro atoms. The number of benzene rings is 1. The smallest absolute Gasteiger partial charge is 0.105 e. The van der Waals surface area contributed by atoms with Crippen molar-refractivity contribution in [1.29, 1.82) is 0 Å². The monoisotopic (exact) mass is 282 g/mol. The van der Waals surface area contributed by atoms with Gasteiger partial charge in [-0.05, 0) is 43.9 Å². The molecule has 1 fully saturated rings. The maximum Gasteiger partial charge on any atom is 0.105 e. The van der Waals surface area contributed by atoms with E-state index >= 15 is 0 Å². The average Bonchev–Trinajstić information content (AvgIpc) is 2.31. The van der Waals surface area contributed by atoms with Crippen LogP contribution in [0.5, 0.6) is 0 Å². The van der Waals surface area contributed by atoms with Crippen LogP contribution in [-0.4, -0.2) is 17.6 Å². The standard InChI is InChI=1S/C14H19ClN2S/c1-9-3-4-10(2)17(8-9)11-5-6-12(14(16)18)13(15)7-11/h5-7,9-10H,3-4,8H2,1-2H3,(H2,16,18). The largest absolute Gasteiger partial charge is 0.389 e. The summed E-state index contributed by atoms with van der Waals surface area (Å²) in [6.07, 6.45) is 2.53. The van der Waals surface area contributed by atoms with E-state index in [2.05, 4.69) is 24.8 Å². The summed E-state index contributed by atoms with van der Waals surface area (Å²) in [5.41, 5.74) is 7.55. The molecule has 1 heterocycles. The minimum atomic E-state index is 0.353. The Morgan fingerprint density at radius 3 is 2.72 bits per heavy atom. The number of hydrogen-bond acceptors (Lipinski definition) is 2. The Morgan fingerprint density at radius 2 is 2.11 bits per heavy atom. The topological polar surface area (TPSA) is 29.3 Å². The molecule has 98 valence electrons. The fourth-order valence-corrected chi connectivity index (χ4v) is 3.04. The molecular formula is C14H19ClN2S. The van der Waals surface area contributed by atoms with Crippen LogP contribution < -0.4 is 10.6 Å². The Morgan fingerprint density at radius 1 is 1.39 bits per heavy atom. The number of rotatable bonds is 2. The van der Waals surface area contributed by atoms with E-state index in [1.54, 1.807) is 0 Å². The molecule has 0 aliphatic carbocycles. The van der Waals surface area contributed by atoms with Gasteiger partial charge < -0.3 is 10.6 Å². The molecule has 0 aromatic heterocycles. The number of hydrogen-bond donors (Lipinski definition) is 1. The molecule has 1 aromatic carbocycles. The minimum absolute atomic E-state index is 0.353. The molecule has 1 aliphatic rings. The van der Waals surface area contributed by atoms with Gasteiger partial charge >= 0.3 is 0 Å². The van der Waals surface area contributed by atoms with Crippen LogP contribution in [-0.2, 0) is 0 Å². The number of nitrogens with two attached hydrogens (primary N) is 1. The molecule has 2 rings (SSSR count). The Hall–Kier alpha value is -0.800. The number of piperidine rings is 1. The zero-order valence-electron chi connectivity index (χ0n) is 10.8. The van der Waals surface area contributed by atoms with E-state index in [1.807, 2.05) is 12.1 Å². The van der Waals surface area contributed by atoms with Gasteiger partial charge in [0.25, 0.3) is 0 Å². The second-order valence-electron chi connectivity index (χ2n) is 5.21. The summed E-state index contributed by atoms with van der Waals surface area (Å²) in [5.74, 6) is 0.732. The zero-order valence-corrected chi connectivity index (χ0v) is 12.4. The van der Waals surface area contributed by atoms with Crippen molar-refractivity contribution in [3.05, 3.63) is 28.8 Å². The van der Waals surface area contributed by atoms with E-state index in [0.717, 1.165) is 18.0 Å². The lowest BCUT2D eigenvalue weighted by Gasteiger charge is -2.38. The van der Waals surface area contributed by atoms with E-state index in [9.17, 15) is 0 Å². The summed E-state index contributed by atoms with van der Waals surface area (Å²) < 4.78 is 0. The van der Waals surface area contributed by atoms with Gasteiger partial charge in [-0.2, -0.15) is 0 Å². The first-order chi connectivity index (χ1) is 8.49. The Balaban J connectivity index is 2.28. The van der Waals surface area contributed by atoms with Crippen molar-refractivity contribution in [2.75, 3.05) is 11.4 Å². The minimum Gasteiger partial charge on any atom is -0.389 e. The van der Waals surface area contributed by atoms with E-state index in [0.29, 0.717) is 16.1 Å². The van der Waals surface area contributed by atoms with Crippen molar-refractivity contribution < 1.29 is 0 Å². The third-order valence-corrected chi connectivity index (χ3v) is 4.20. The molecular weight excluding hydrogens is 264 g/mol. The van der Waals surface area contributed by atoms with E-state index in [-0.39, 0.29) is 0 Å². The predicted octanol–water partition coefficient (Wildman–Crippen LogP) is 3.60. The van der Waals surface area contributed by atoms with Crippen molar-refractivity contribution in [1.82, 2.24) is 0 Å². The molecule has 0 amide bonds. The molecule has 0 radical (unpaired) electrons. The highest BCUT2D eigenvalue weighted by atomic mass is 35.5. The lowest BCUT2D eigenvalue weighted by atomic mass is 9.94. The van der Waals surface area contributed by atoms with Crippen LogP contribution in [0.15, 0.2) is 18.2 Å². The number of anilines is 1. The van der Waals surface area contributed by atoms with Crippen molar-refractivity contribution >= 4 is 34.5 Å². The molecule has 2 nitrogen and oxygen atoms in total. The summed E-state index contributed by atoms with van der Waals surface area (Å²) in [7, 11) is 0. The third kappa shape index (κ3) is 2.78. The fourth-order valence-electron chi connectivity index (χ4n) is 2.53. The predicted molar refractivity (Wildman–Crippen MR) is 82.5 cm³/mol. The lowest BCUT2D eigenvalue weighted by molar-refractivity contribution is 0.390. The lowest BCUT2D eigenvalue weighted by Crippen LogP contribution is -2.41. The van der Waals surface area contributed by atoms with Crippen molar-refractivity contribution in [2.24, 2.45) is 11.7 Å². The first-order valence-electron chi connectivity index (χ1n) is 6.35. The second-order valence-corrected chi connectivity index (χ2v) is 6.06. The normalized spacial score (nSPS) is 24.1. The number of halogens is 1. The Labute approximate surface area is 119 Å². The van der Waals surface area contributed by atoms with Gasteiger partial charge in [0, 0.05) is 23.8 Å². The molecule has 2 N–H and O–H groups in total. The average molecular weight is 283 g/mol. The van der Waals surface area contributed by atoms with Crippen LogP contribution in [0.4, 0.5) is 5.69 Å². The molecule has 1 aliphatic heterocycles. The molecule has 1 saturated heterocycles. The van der Waals surface area contributed by atoms with Gasteiger partial charge in [-0.1, -0.05) is 30.7 Å². The van der Waals surface area contributed by atoms with Crippen LogP contribution in [0.3, 0.4) is 0 Å². The van der Waals surface area contributed by atoms with Gasteiger partial charge in [0.2, 0.25) is 0 Å². The van der Waals surface area contributed by atoms with Crippen LogP contribution in [0.1, 0.15) is 32.3 Å². The van der Waals surface area contributed by atoms with Gasteiger partial charge in [0.15, 0.2) is 0 Å². The molecule has 2 atom stereocenters. The first kappa shape index (κ1) is 13.6. The highest BCUT2D eigenvalue weighted by Crippen LogP contribution is 2.30. The van der Waals surface area contributed by atoms with Gasteiger partial charge in [-0.3, -0.25) is 0 Å². The second kappa shape index (κ2) is 5.45. The maximum atomic E-state index is 6.23. The van der Waals surface area contributed by atoms with Crippen LogP contribution in [0.25, 0.3) is 0 Å². The first-order valence-corrected chi connectivity index (χ1v) is 7.13. The van der Waals surface area contributed by atoms with Crippen LogP contribution >= 0.6 is 23.8 Å². The van der Waals surface area contributed by atoms with Crippen molar-refractivity contribution in [3.63, 3.8) is 0 Å². The Bertz CT molecular complexity index is 461.